The number of hydrogen-bond acceptors (Lipinski definition) is 1. The SMILES string of the molecule is CCCc1ccc(C(O)C(CC)c2ccccc2)cc1. The highest BCUT2D eigenvalue weighted by atomic mass is 16.3. The van der Waals surface area contributed by atoms with E-state index in [1.54, 1.807) is 0 Å². The normalized spacial score (nSPS) is 13.9. The standard InChI is InChI=1S/C19H24O/c1-3-8-15-11-13-17(14-12-15)19(20)18(4-2)16-9-6-5-7-10-16/h5-7,9-14,18-20H,3-4,8H2,1-2H3. The van der Waals surface area contributed by atoms with Crippen molar-refractivity contribution in [2.75, 3.05) is 0 Å². The van der Waals surface area contributed by atoms with E-state index in [-0.39, 0.29) is 5.92 Å². The molecule has 106 valence electrons. The first-order chi connectivity index (χ1) is 9.76. The first kappa shape index (κ1) is 14.8. The largest absolute Gasteiger partial charge is 0.388 e. The third kappa shape index (κ3) is 3.49. The summed E-state index contributed by atoms with van der Waals surface area (Å²) < 4.78 is 0. The van der Waals surface area contributed by atoms with Crippen LogP contribution in [0.1, 0.15) is 55.4 Å². The molecule has 1 N–H and O–H groups in total. The average Bonchev–Trinajstić information content (AvgIpc) is 2.50. The molecule has 0 bridgehead atoms. The van der Waals surface area contributed by atoms with Gasteiger partial charge in [0.15, 0.2) is 0 Å². The Labute approximate surface area is 122 Å². The molecule has 0 spiro atoms. The minimum Gasteiger partial charge on any atom is -0.388 e. The fourth-order valence-corrected chi connectivity index (χ4v) is 2.74. The van der Waals surface area contributed by atoms with Gasteiger partial charge in [-0.05, 0) is 29.5 Å². The number of aryl methyl sites for hydroxylation is 1. The van der Waals surface area contributed by atoms with Gasteiger partial charge in [0.25, 0.3) is 0 Å². The first-order valence-corrected chi connectivity index (χ1v) is 7.58. The Kier molecular flexibility index (Phi) is 5.37. The summed E-state index contributed by atoms with van der Waals surface area (Å²) in [5, 5.41) is 10.7. The van der Waals surface area contributed by atoms with Crippen LogP contribution in [0.5, 0.6) is 0 Å². The van der Waals surface area contributed by atoms with Crippen LogP contribution >= 0.6 is 0 Å². The summed E-state index contributed by atoms with van der Waals surface area (Å²) >= 11 is 0. The zero-order valence-corrected chi connectivity index (χ0v) is 12.4. The van der Waals surface area contributed by atoms with Gasteiger partial charge in [-0.2, -0.15) is 0 Å². The van der Waals surface area contributed by atoms with Gasteiger partial charge in [0, 0.05) is 5.92 Å². The molecule has 0 aliphatic heterocycles. The van der Waals surface area contributed by atoms with Crippen LogP contribution in [0.3, 0.4) is 0 Å². The molecule has 0 aliphatic carbocycles. The molecule has 2 aromatic carbocycles. The lowest BCUT2D eigenvalue weighted by Gasteiger charge is -2.22. The van der Waals surface area contributed by atoms with Gasteiger partial charge in [-0.1, -0.05) is 74.9 Å². The summed E-state index contributed by atoms with van der Waals surface area (Å²) in [5.74, 6) is 0.160. The molecule has 0 aromatic heterocycles. The molecule has 2 rings (SSSR count). The van der Waals surface area contributed by atoms with E-state index in [1.165, 1.54) is 11.1 Å². The van der Waals surface area contributed by atoms with Crippen LogP contribution in [0, 0.1) is 0 Å². The predicted octanol–water partition coefficient (Wildman–Crippen LogP) is 4.87. The molecule has 2 unspecified atom stereocenters. The zero-order chi connectivity index (χ0) is 14.4. The molecule has 2 aromatic rings. The first-order valence-electron chi connectivity index (χ1n) is 7.58. The second kappa shape index (κ2) is 7.25. The van der Waals surface area contributed by atoms with Crippen molar-refractivity contribution in [1.29, 1.82) is 0 Å². The number of aliphatic hydroxyl groups is 1. The van der Waals surface area contributed by atoms with Crippen molar-refractivity contribution in [2.45, 2.75) is 45.1 Å². The van der Waals surface area contributed by atoms with Gasteiger partial charge in [-0.3, -0.25) is 0 Å². The molecule has 0 fully saturated rings. The second-order valence-electron chi connectivity index (χ2n) is 5.36. The maximum absolute atomic E-state index is 10.7. The summed E-state index contributed by atoms with van der Waals surface area (Å²) in [7, 11) is 0. The van der Waals surface area contributed by atoms with E-state index >= 15 is 0 Å². The van der Waals surface area contributed by atoms with Crippen LogP contribution in [-0.2, 0) is 6.42 Å². The quantitative estimate of drug-likeness (QED) is 0.792. The van der Waals surface area contributed by atoms with Crippen molar-refractivity contribution in [1.82, 2.24) is 0 Å². The average molecular weight is 268 g/mol. The molecule has 0 saturated carbocycles. The Morgan fingerprint density at radius 2 is 1.50 bits per heavy atom. The van der Waals surface area contributed by atoms with E-state index in [4.69, 9.17) is 0 Å². The smallest absolute Gasteiger partial charge is 0.0858 e. The van der Waals surface area contributed by atoms with Gasteiger partial charge in [-0.25, -0.2) is 0 Å². The maximum Gasteiger partial charge on any atom is 0.0858 e. The van der Waals surface area contributed by atoms with Crippen molar-refractivity contribution >= 4 is 0 Å². The van der Waals surface area contributed by atoms with Gasteiger partial charge >= 0.3 is 0 Å². The molecule has 0 aliphatic rings. The van der Waals surface area contributed by atoms with Crippen molar-refractivity contribution < 1.29 is 5.11 Å². The Morgan fingerprint density at radius 1 is 0.850 bits per heavy atom. The monoisotopic (exact) mass is 268 g/mol. The molecule has 20 heavy (non-hydrogen) atoms. The Hall–Kier alpha value is -1.60. The predicted molar refractivity (Wildman–Crippen MR) is 84.9 cm³/mol. The highest BCUT2D eigenvalue weighted by Gasteiger charge is 2.20. The summed E-state index contributed by atoms with van der Waals surface area (Å²) in [6.07, 6.45) is 2.76. The lowest BCUT2D eigenvalue weighted by molar-refractivity contribution is 0.142. The van der Waals surface area contributed by atoms with Gasteiger partial charge in [-0.15, -0.1) is 0 Å². The lowest BCUT2D eigenvalue weighted by Crippen LogP contribution is -2.10. The number of rotatable bonds is 6. The second-order valence-corrected chi connectivity index (χ2v) is 5.36. The van der Waals surface area contributed by atoms with E-state index in [9.17, 15) is 5.11 Å². The minimum atomic E-state index is -0.432. The summed E-state index contributed by atoms with van der Waals surface area (Å²) in [4.78, 5) is 0. The molecule has 0 radical (unpaired) electrons. The van der Waals surface area contributed by atoms with E-state index in [0.717, 1.165) is 24.8 Å². The van der Waals surface area contributed by atoms with Crippen molar-refractivity contribution in [3.8, 4) is 0 Å². The Morgan fingerprint density at radius 3 is 2.05 bits per heavy atom. The fraction of sp³-hybridized carbons (Fsp3) is 0.368. The lowest BCUT2D eigenvalue weighted by atomic mass is 9.87. The number of hydrogen-bond donors (Lipinski definition) is 1. The fourth-order valence-electron chi connectivity index (χ4n) is 2.74. The van der Waals surface area contributed by atoms with Crippen molar-refractivity contribution in [2.24, 2.45) is 0 Å². The van der Waals surface area contributed by atoms with Crippen LogP contribution in [0.15, 0.2) is 54.6 Å². The van der Waals surface area contributed by atoms with Crippen molar-refractivity contribution in [3.63, 3.8) is 0 Å². The molecular formula is C19H24O. The summed E-state index contributed by atoms with van der Waals surface area (Å²) in [5.41, 5.74) is 3.57. The van der Waals surface area contributed by atoms with Gasteiger partial charge in [0.1, 0.15) is 0 Å². The highest BCUT2D eigenvalue weighted by Crippen LogP contribution is 2.33. The van der Waals surface area contributed by atoms with E-state index < -0.39 is 6.10 Å². The molecule has 0 amide bonds. The molecule has 2 atom stereocenters. The molecular weight excluding hydrogens is 244 g/mol. The minimum absolute atomic E-state index is 0.160. The highest BCUT2D eigenvalue weighted by molar-refractivity contribution is 5.29. The van der Waals surface area contributed by atoms with Crippen LogP contribution in [0.25, 0.3) is 0 Å². The molecule has 0 saturated heterocycles. The van der Waals surface area contributed by atoms with Crippen LogP contribution in [-0.4, -0.2) is 5.11 Å². The topological polar surface area (TPSA) is 20.2 Å². The van der Waals surface area contributed by atoms with Gasteiger partial charge < -0.3 is 5.11 Å². The third-order valence-electron chi connectivity index (χ3n) is 3.91. The third-order valence-corrected chi connectivity index (χ3v) is 3.91. The van der Waals surface area contributed by atoms with Crippen molar-refractivity contribution in [3.05, 3.63) is 71.3 Å². The summed E-state index contributed by atoms with van der Waals surface area (Å²) in [6.45, 7) is 4.32. The summed E-state index contributed by atoms with van der Waals surface area (Å²) in [6, 6.07) is 18.7. The Balaban J connectivity index is 2.18. The van der Waals surface area contributed by atoms with Crippen LogP contribution < -0.4 is 0 Å². The molecule has 1 nitrogen and oxygen atoms in total. The molecule has 0 heterocycles. The van der Waals surface area contributed by atoms with E-state index in [2.05, 4.69) is 50.2 Å². The Bertz CT molecular complexity index is 501. The van der Waals surface area contributed by atoms with E-state index in [1.807, 2.05) is 18.2 Å². The van der Waals surface area contributed by atoms with Crippen LogP contribution in [0.2, 0.25) is 0 Å². The zero-order valence-electron chi connectivity index (χ0n) is 12.4. The van der Waals surface area contributed by atoms with E-state index in [0.29, 0.717) is 0 Å². The number of benzene rings is 2. The van der Waals surface area contributed by atoms with Gasteiger partial charge in [0.05, 0.1) is 6.10 Å². The van der Waals surface area contributed by atoms with Crippen LogP contribution in [0.4, 0.5) is 0 Å². The van der Waals surface area contributed by atoms with Gasteiger partial charge in [0.2, 0.25) is 0 Å². The number of aliphatic hydroxyl groups excluding tert-OH is 1. The molecule has 1 heteroatoms. The maximum atomic E-state index is 10.7.